The van der Waals surface area contributed by atoms with E-state index in [1.807, 2.05) is 18.2 Å². The minimum absolute atomic E-state index is 0.292. The average Bonchev–Trinajstić information content (AvgIpc) is 2.94. The summed E-state index contributed by atoms with van der Waals surface area (Å²) in [6.07, 6.45) is 2.97. The van der Waals surface area contributed by atoms with Crippen LogP contribution in [-0.4, -0.2) is 25.8 Å². The van der Waals surface area contributed by atoms with E-state index < -0.39 is 11.2 Å². The summed E-state index contributed by atoms with van der Waals surface area (Å²) in [5.74, 6) is 0. The lowest BCUT2D eigenvalue weighted by Crippen LogP contribution is -2.32. The van der Waals surface area contributed by atoms with E-state index in [4.69, 9.17) is 0 Å². The highest BCUT2D eigenvalue weighted by Crippen LogP contribution is 2.24. The molecule has 8 heteroatoms. The molecule has 0 fully saturated rings. The highest BCUT2D eigenvalue weighted by atomic mass is 79.9. The normalized spacial score (nSPS) is 11.7. The molecule has 0 saturated heterocycles. The van der Waals surface area contributed by atoms with Gasteiger partial charge in [-0.05, 0) is 30.3 Å². The Morgan fingerprint density at radius 3 is 2.79 bits per heavy atom. The number of aromatic amines is 2. The van der Waals surface area contributed by atoms with Crippen LogP contribution >= 0.6 is 15.9 Å². The van der Waals surface area contributed by atoms with Crippen molar-refractivity contribution in [3.63, 3.8) is 0 Å². The third-order valence-corrected chi connectivity index (χ3v) is 4.08. The fourth-order valence-electron chi connectivity index (χ4n) is 2.49. The molecular formula is C16H10BrN5O2. The molecule has 1 aromatic carbocycles. The molecule has 3 heterocycles. The van der Waals surface area contributed by atoms with Crippen LogP contribution in [0.4, 0.5) is 0 Å². The van der Waals surface area contributed by atoms with Crippen molar-refractivity contribution in [3.05, 3.63) is 73.6 Å². The number of aromatic nitrogens is 4. The van der Waals surface area contributed by atoms with Gasteiger partial charge in [-0.1, -0.05) is 22.0 Å². The van der Waals surface area contributed by atoms with Crippen molar-refractivity contribution in [1.82, 2.24) is 19.6 Å². The molecule has 0 aliphatic rings. The lowest BCUT2D eigenvalue weighted by Gasteiger charge is -1.97. The Hall–Kier alpha value is -3.00. The molecule has 0 atom stereocenters. The van der Waals surface area contributed by atoms with Gasteiger partial charge in [-0.3, -0.25) is 9.78 Å². The lowest BCUT2D eigenvalue weighted by molar-refractivity contribution is 0.769. The zero-order valence-electron chi connectivity index (χ0n) is 12.2. The zero-order chi connectivity index (χ0) is 16.7. The van der Waals surface area contributed by atoms with Crippen molar-refractivity contribution < 1.29 is 0 Å². The van der Waals surface area contributed by atoms with Gasteiger partial charge in [0.05, 0.1) is 17.4 Å². The third kappa shape index (κ3) is 2.37. The molecule has 4 aromatic rings. The molecular weight excluding hydrogens is 374 g/mol. The van der Waals surface area contributed by atoms with Crippen LogP contribution in [-0.2, 0) is 0 Å². The first kappa shape index (κ1) is 14.6. The van der Waals surface area contributed by atoms with Crippen molar-refractivity contribution in [2.45, 2.75) is 0 Å². The Morgan fingerprint density at radius 1 is 1.12 bits per heavy atom. The van der Waals surface area contributed by atoms with Gasteiger partial charge in [0.1, 0.15) is 5.52 Å². The van der Waals surface area contributed by atoms with Crippen LogP contribution in [0.15, 0.2) is 61.8 Å². The lowest BCUT2D eigenvalue weighted by atomic mass is 10.2. The third-order valence-electron chi connectivity index (χ3n) is 3.58. The SMILES string of the molecule is O=c1[nH]c2c([nH]c3ccc(Br)cc32)c(=O)n1/N=C\c1ccccn1. The first-order chi connectivity index (χ1) is 11.6. The Labute approximate surface area is 142 Å². The largest absolute Gasteiger partial charge is 0.350 e. The van der Waals surface area contributed by atoms with Crippen LogP contribution in [0.25, 0.3) is 21.9 Å². The van der Waals surface area contributed by atoms with Crippen molar-refractivity contribution in [2.75, 3.05) is 0 Å². The van der Waals surface area contributed by atoms with Gasteiger partial charge in [0.25, 0.3) is 0 Å². The summed E-state index contributed by atoms with van der Waals surface area (Å²) in [4.78, 5) is 34.6. The topological polar surface area (TPSA) is 95.9 Å². The Bertz CT molecular complexity index is 1200. The van der Waals surface area contributed by atoms with E-state index in [1.54, 1.807) is 24.4 Å². The van der Waals surface area contributed by atoms with Crippen molar-refractivity contribution in [1.29, 1.82) is 0 Å². The number of halogens is 1. The molecule has 0 unspecified atom stereocenters. The summed E-state index contributed by atoms with van der Waals surface area (Å²) in [6.45, 7) is 0. The molecule has 2 N–H and O–H groups in total. The van der Waals surface area contributed by atoms with Gasteiger partial charge >= 0.3 is 11.2 Å². The summed E-state index contributed by atoms with van der Waals surface area (Å²) in [5.41, 5.74) is 0.928. The van der Waals surface area contributed by atoms with Gasteiger partial charge in [0.2, 0.25) is 0 Å². The van der Waals surface area contributed by atoms with Crippen LogP contribution in [0.3, 0.4) is 0 Å². The highest BCUT2D eigenvalue weighted by molar-refractivity contribution is 9.10. The van der Waals surface area contributed by atoms with E-state index in [2.05, 4.69) is 36.0 Å². The van der Waals surface area contributed by atoms with Crippen LogP contribution in [0.5, 0.6) is 0 Å². The fraction of sp³-hybridized carbons (Fsp3) is 0. The van der Waals surface area contributed by atoms with E-state index in [0.29, 0.717) is 16.7 Å². The summed E-state index contributed by atoms with van der Waals surface area (Å²) in [5, 5.41) is 4.72. The van der Waals surface area contributed by atoms with Gasteiger partial charge in [0, 0.05) is 21.6 Å². The molecule has 0 aliphatic heterocycles. The van der Waals surface area contributed by atoms with Crippen molar-refractivity contribution in [3.8, 4) is 0 Å². The number of fused-ring (bicyclic) bond motifs is 3. The maximum absolute atomic E-state index is 12.6. The number of rotatable bonds is 2. The molecule has 118 valence electrons. The first-order valence-corrected chi connectivity index (χ1v) is 7.84. The van der Waals surface area contributed by atoms with Gasteiger partial charge in [-0.2, -0.15) is 5.10 Å². The number of benzene rings is 1. The summed E-state index contributed by atoms with van der Waals surface area (Å²) < 4.78 is 1.63. The van der Waals surface area contributed by atoms with Crippen molar-refractivity contribution >= 4 is 44.1 Å². The number of hydrogen-bond donors (Lipinski definition) is 2. The minimum Gasteiger partial charge on any atom is -0.349 e. The van der Waals surface area contributed by atoms with Crippen LogP contribution < -0.4 is 11.2 Å². The maximum atomic E-state index is 12.6. The fourth-order valence-corrected chi connectivity index (χ4v) is 2.85. The Morgan fingerprint density at radius 2 is 2.00 bits per heavy atom. The second-order valence-electron chi connectivity index (χ2n) is 5.11. The van der Waals surface area contributed by atoms with Gasteiger partial charge in [0.15, 0.2) is 0 Å². The quantitative estimate of drug-likeness (QED) is 0.519. The predicted octanol–water partition coefficient (Wildman–Crippen LogP) is 2.21. The van der Waals surface area contributed by atoms with Crippen molar-refractivity contribution in [2.24, 2.45) is 5.10 Å². The van der Waals surface area contributed by atoms with E-state index >= 15 is 0 Å². The molecule has 0 saturated carbocycles. The molecule has 0 amide bonds. The number of H-pyrrole nitrogens is 2. The molecule has 0 bridgehead atoms. The smallest absolute Gasteiger partial charge is 0.349 e. The Balaban J connectivity index is 1.95. The van der Waals surface area contributed by atoms with E-state index in [9.17, 15) is 9.59 Å². The zero-order valence-corrected chi connectivity index (χ0v) is 13.7. The molecule has 0 spiro atoms. The van der Waals surface area contributed by atoms with E-state index in [-0.39, 0.29) is 0 Å². The molecule has 4 rings (SSSR count). The molecule has 0 radical (unpaired) electrons. The second-order valence-corrected chi connectivity index (χ2v) is 6.03. The maximum Gasteiger partial charge on any atom is 0.350 e. The molecule has 3 aromatic heterocycles. The second kappa shape index (κ2) is 5.57. The van der Waals surface area contributed by atoms with Gasteiger partial charge in [-0.25, -0.2) is 4.79 Å². The van der Waals surface area contributed by atoms with Gasteiger partial charge < -0.3 is 9.97 Å². The van der Waals surface area contributed by atoms with Gasteiger partial charge in [-0.15, -0.1) is 4.68 Å². The summed E-state index contributed by atoms with van der Waals surface area (Å²) in [7, 11) is 0. The molecule has 0 aliphatic carbocycles. The summed E-state index contributed by atoms with van der Waals surface area (Å²) in [6, 6.07) is 10.8. The standard InChI is InChI=1S/C16H10BrN5O2/c17-9-4-5-12-11(7-9)13-14(20-12)15(23)22(16(24)21-13)19-8-10-3-1-2-6-18-10/h1-8,20H,(H,21,24)/b19-8-. The van der Waals surface area contributed by atoms with E-state index in [0.717, 1.165) is 20.1 Å². The minimum atomic E-state index is -0.611. The number of nitrogens with zero attached hydrogens (tertiary/aromatic N) is 3. The first-order valence-electron chi connectivity index (χ1n) is 7.05. The summed E-state index contributed by atoms with van der Waals surface area (Å²) >= 11 is 3.39. The number of pyridine rings is 1. The van der Waals surface area contributed by atoms with E-state index in [1.165, 1.54) is 6.21 Å². The number of hydrogen-bond acceptors (Lipinski definition) is 4. The molecule has 24 heavy (non-hydrogen) atoms. The van der Waals surface area contributed by atoms with Crippen LogP contribution in [0.2, 0.25) is 0 Å². The predicted molar refractivity (Wildman–Crippen MR) is 95.6 cm³/mol. The van der Waals surface area contributed by atoms with Crippen LogP contribution in [0, 0.1) is 0 Å². The van der Waals surface area contributed by atoms with Crippen LogP contribution in [0.1, 0.15) is 5.69 Å². The average molecular weight is 384 g/mol. The number of nitrogens with one attached hydrogen (secondary N) is 2. The molecule has 7 nitrogen and oxygen atoms in total. The Kier molecular flexibility index (Phi) is 3.39. The highest BCUT2D eigenvalue weighted by Gasteiger charge is 2.12. The monoisotopic (exact) mass is 383 g/mol.